The molecule has 1 aliphatic rings. The van der Waals surface area contributed by atoms with Crippen LogP contribution < -0.4 is 9.47 Å². The van der Waals surface area contributed by atoms with E-state index in [0.29, 0.717) is 18.3 Å². The lowest BCUT2D eigenvalue weighted by molar-refractivity contribution is -0.0367. The van der Waals surface area contributed by atoms with Crippen LogP contribution in [-0.4, -0.2) is 92.8 Å². The summed E-state index contributed by atoms with van der Waals surface area (Å²) in [6.45, 7) is 30.7. The van der Waals surface area contributed by atoms with Crippen LogP contribution in [0.25, 0.3) is 28.1 Å². The minimum atomic E-state index is -2.07. The zero-order valence-corrected chi connectivity index (χ0v) is 41.5. The van der Waals surface area contributed by atoms with E-state index in [1.165, 1.54) is 0 Å². The molecule has 60 heavy (non-hydrogen) atoms. The number of benzene rings is 1. The Balaban J connectivity index is 1.49. The van der Waals surface area contributed by atoms with Gasteiger partial charge in [0.15, 0.2) is 14.5 Å². The van der Waals surface area contributed by atoms with E-state index >= 15 is 0 Å². The maximum absolute atomic E-state index is 14.1. The van der Waals surface area contributed by atoms with E-state index in [-0.39, 0.29) is 43.2 Å². The molecule has 4 aromatic rings. The average molecular weight is 962 g/mol. The third-order valence-corrected chi connectivity index (χ3v) is 16.5. The lowest BCUT2D eigenvalue weighted by Crippen LogP contribution is -2.44. The van der Waals surface area contributed by atoms with Gasteiger partial charge in [-0.25, -0.2) is 14.2 Å². The molecule has 1 unspecified atom stereocenters. The van der Waals surface area contributed by atoms with E-state index in [2.05, 4.69) is 88.2 Å². The molecule has 1 aromatic carbocycles. The Morgan fingerprint density at radius 1 is 1.07 bits per heavy atom. The lowest BCUT2D eigenvalue weighted by atomic mass is 10.0. The number of aryl methyl sites for hydroxylation is 1. The van der Waals surface area contributed by atoms with Crippen molar-refractivity contribution in [3.05, 3.63) is 45.4 Å². The summed E-state index contributed by atoms with van der Waals surface area (Å²) in [5, 5.41) is 15.7. The molecule has 14 nitrogen and oxygen atoms in total. The molecule has 0 bridgehead atoms. The van der Waals surface area contributed by atoms with Crippen LogP contribution in [0.4, 0.5) is 4.79 Å². The van der Waals surface area contributed by atoms with Crippen molar-refractivity contribution in [1.29, 1.82) is 0 Å². The van der Waals surface area contributed by atoms with Gasteiger partial charge in [-0.1, -0.05) is 33.4 Å². The summed E-state index contributed by atoms with van der Waals surface area (Å²) < 4.78 is 44.0. The van der Waals surface area contributed by atoms with Crippen LogP contribution in [0.3, 0.4) is 0 Å². The van der Waals surface area contributed by atoms with E-state index in [1.54, 1.807) is 22.8 Å². The number of ether oxygens (including phenoxy) is 5. The second-order valence-corrected chi connectivity index (χ2v) is 24.5. The number of amides is 1. The summed E-state index contributed by atoms with van der Waals surface area (Å²) >= 11 is 2.28. The van der Waals surface area contributed by atoms with Crippen LogP contribution in [0.2, 0.25) is 18.1 Å². The first-order chi connectivity index (χ1) is 28.0. The van der Waals surface area contributed by atoms with E-state index in [4.69, 9.17) is 43.4 Å². The highest BCUT2D eigenvalue weighted by atomic mass is 127. The summed E-state index contributed by atoms with van der Waals surface area (Å²) in [6.07, 6.45) is 3.53. The third-order valence-electron chi connectivity index (χ3n) is 10.8. The maximum atomic E-state index is 14.1. The van der Waals surface area contributed by atoms with Gasteiger partial charge < -0.3 is 28.1 Å². The fourth-order valence-electron chi connectivity index (χ4n) is 7.09. The highest BCUT2D eigenvalue weighted by Gasteiger charge is 2.39. The van der Waals surface area contributed by atoms with Crippen LogP contribution in [0.5, 0.6) is 11.8 Å². The van der Waals surface area contributed by atoms with Gasteiger partial charge in [-0.05, 0) is 132 Å². The standard InChI is InChI=1S/C44H68IN7O7Si/c1-16-33-32-23-31(20-21-35(32)52(47-33)37-19-17-18-22-55-37)38-34(27-54-13)46-49(12)41(38)57-29(4)24-50(42(53)58-43(6,7)8)26-36-39(45)40(56-28(2)3)48-51(36)25-30(5)59-60(14,15)44(9,10)11/h16,20-21,23,28-30,37H,1,17-19,22,24-27H2,2-15H3/t29-,30-,37?/m0/s1. The second-order valence-electron chi connectivity index (χ2n) is 18.7. The average Bonchev–Trinajstić information content (AvgIpc) is 3.76. The molecule has 1 aliphatic heterocycles. The van der Waals surface area contributed by atoms with E-state index in [1.807, 2.05) is 58.0 Å². The largest absolute Gasteiger partial charge is 0.473 e. The SMILES string of the molecule is C=Cc1nn(C2CCCCO2)c2ccc(-c3c(COC)nn(C)c3O[C@@H](C)CN(Cc3c(I)c(OC(C)C)nn3C[C@H](C)O[Si](C)(C)C(C)(C)C)C(=O)OC(C)(C)C)cc12. The molecule has 4 heterocycles. The first-order valence-electron chi connectivity index (χ1n) is 21.1. The van der Waals surface area contributed by atoms with Crippen molar-refractivity contribution in [3.8, 4) is 22.9 Å². The summed E-state index contributed by atoms with van der Waals surface area (Å²) in [5.74, 6) is 1.07. The van der Waals surface area contributed by atoms with Crippen LogP contribution in [-0.2, 0) is 45.4 Å². The highest BCUT2D eigenvalue weighted by Crippen LogP contribution is 2.39. The van der Waals surface area contributed by atoms with Crippen molar-refractivity contribution >= 4 is 54.0 Å². The summed E-state index contributed by atoms with van der Waals surface area (Å²) in [4.78, 5) is 15.8. The monoisotopic (exact) mass is 961 g/mol. The molecule has 0 saturated carbocycles. The maximum Gasteiger partial charge on any atom is 0.410 e. The molecule has 5 rings (SSSR count). The van der Waals surface area contributed by atoms with Gasteiger partial charge in [0.1, 0.15) is 11.7 Å². The summed E-state index contributed by atoms with van der Waals surface area (Å²) in [6, 6.07) is 6.24. The highest BCUT2D eigenvalue weighted by molar-refractivity contribution is 14.1. The molecular formula is C44H68IN7O7Si. The molecule has 3 aromatic heterocycles. The Morgan fingerprint density at radius 2 is 1.78 bits per heavy atom. The molecule has 0 radical (unpaired) electrons. The number of methoxy groups -OCH3 is 1. The molecule has 332 valence electrons. The Hall–Kier alpha value is -3.45. The van der Waals surface area contributed by atoms with Crippen LogP contribution in [0.1, 0.15) is 112 Å². The molecule has 1 amide bonds. The van der Waals surface area contributed by atoms with Gasteiger partial charge in [0.2, 0.25) is 11.8 Å². The van der Waals surface area contributed by atoms with Gasteiger partial charge >= 0.3 is 6.09 Å². The van der Waals surface area contributed by atoms with Gasteiger partial charge in [0.05, 0.1) is 70.2 Å². The number of carbonyl (C=O) groups is 1. The zero-order valence-electron chi connectivity index (χ0n) is 38.3. The summed E-state index contributed by atoms with van der Waals surface area (Å²) in [7, 11) is 1.43. The van der Waals surface area contributed by atoms with Crippen LogP contribution in [0.15, 0.2) is 24.8 Å². The van der Waals surface area contributed by atoms with Crippen molar-refractivity contribution in [2.75, 3.05) is 20.3 Å². The topological polar surface area (TPSA) is 129 Å². The van der Waals surface area contributed by atoms with Crippen molar-refractivity contribution in [3.63, 3.8) is 0 Å². The minimum Gasteiger partial charge on any atom is -0.473 e. The van der Waals surface area contributed by atoms with Gasteiger partial charge in [0.25, 0.3) is 0 Å². The van der Waals surface area contributed by atoms with E-state index in [9.17, 15) is 4.79 Å². The number of carbonyl (C=O) groups excluding carboxylic acids is 1. The normalized spacial score (nSPS) is 16.3. The molecule has 0 spiro atoms. The fourth-order valence-corrected chi connectivity index (χ4v) is 9.21. The lowest BCUT2D eigenvalue weighted by Gasteiger charge is -2.38. The van der Waals surface area contributed by atoms with Crippen molar-refractivity contribution in [1.82, 2.24) is 34.2 Å². The van der Waals surface area contributed by atoms with Crippen LogP contribution >= 0.6 is 22.6 Å². The number of fused-ring (bicyclic) bond motifs is 1. The number of rotatable bonds is 17. The van der Waals surface area contributed by atoms with Gasteiger partial charge in [0, 0.05) is 26.2 Å². The number of hydrogen-bond donors (Lipinski definition) is 0. The quantitative estimate of drug-likeness (QED) is 0.0745. The minimum absolute atomic E-state index is 0.0464. The van der Waals surface area contributed by atoms with Crippen molar-refractivity contribution in [2.45, 2.75) is 156 Å². The molecule has 1 saturated heterocycles. The number of aromatic nitrogens is 6. The molecule has 1 fully saturated rings. The smallest absolute Gasteiger partial charge is 0.410 e. The van der Waals surface area contributed by atoms with E-state index < -0.39 is 26.1 Å². The zero-order chi connectivity index (χ0) is 44.3. The van der Waals surface area contributed by atoms with Crippen molar-refractivity contribution < 1.29 is 32.9 Å². The predicted octanol–water partition coefficient (Wildman–Crippen LogP) is 10.1. The molecule has 0 aliphatic carbocycles. The fraction of sp³-hybridized carbons (Fsp3) is 0.636. The van der Waals surface area contributed by atoms with E-state index in [0.717, 1.165) is 68.6 Å². The number of hydrogen-bond acceptors (Lipinski definition) is 10. The Morgan fingerprint density at radius 3 is 2.38 bits per heavy atom. The Bertz CT molecular complexity index is 2110. The Labute approximate surface area is 371 Å². The van der Waals surface area contributed by atoms with Gasteiger partial charge in [-0.15, -0.1) is 5.10 Å². The second kappa shape index (κ2) is 19.3. The number of nitrogens with zero attached hydrogens (tertiary/aromatic N) is 7. The molecular weight excluding hydrogens is 894 g/mol. The Kier molecular flexibility index (Phi) is 15.3. The predicted molar refractivity (Wildman–Crippen MR) is 247 cm³/mol. The first-order valence-corrected chi connectivity index (χ1v) is 25.1. The number of halogens is 1. The summed E-state index contributed by atoms with van der Waals surface area (Å²) in [5.41, 5.74) is 4.26. The third kappa shape index (κ3) is 11.3. The van der Waals surface area contributed by atoms with Crippen LogP contribution in [0, 0.1) is 3.57 Å². The van der Waals surface area contributed by atoms with Gasteiger partial charge in [-0.3, -0.25) is 9.58 Å². The van der Waals surface area contributed by atoms with Crippen molar-refractivity contribution in [2.24, 2.45) is 7.05 Å². The van der Waals surface area contributed by atoms with Gasteiger partial charge in [-0.2, -0.15) is 10.2 Å². The molecule has 16 heteroatoms. The molecule has 3 atom stereocenters. The molecule has 0 N–H and O–H groups in total. The first kappa shape index (κ1) is 47.6.